The van der Waals surface area contributed by atoms with Crippen molar-refractivity contribution in [3.05, 3.63) is 231 Å². The van der Waals surface area contributed by atoms with Crippen LogP contribution in [0.4, 0.5) is 17.1 Å². The molecule has 11 rings (SSSR count). The number of benzene rings is 9. The summed E-state index contributed by atoms with van der Waals surface area (Å²) in [5.41, 5.74) is 13.1. The summed E-state index contributed by atoms with van der Waals surface area (Å²) in [6.45, 7) is 0. The molecule has 0 bridgehead atoms. The molecule has 286 valence electrons. The van der Waals surface area contributed by atoms with E-state index in [2.05, 4.69) is 223 Å². The van der Waals surface area contributed by atoms with Crippen molar-refractivity contribution in [3.8, 4) is 56.3 Å². The zero-order valence-corrected chi connectivity index (χ0v) is 33.2. The summed E-state index contributed by atoms with van der Waals surface area (Å²) in [6.07, 6.45) is 0. The Morgan fingerprint density at radius 1 is 0.311 bits per heavy atom. The van der Waals surface area contributed by atoms with Gasteiger partial charge in [0.15, 0.2) is 5.82 Å². The van der Waals surface area contributed by atoms with E-state index in [1.54, 1.807) is 0 Å². The van der Waals surface area contributed by atoms with Gasteiger partial charge in [-0.3, -0.25) is 0 Å². The van der Waals surface area contributed by atoms with Crippen molar-refractivity contribution in [2.45, 2.75) is 0 Å². The highest BCUT2D eigenvalue weighted by Crippen LogP contribution is 2.44. The Morgan fingerprint density at radius 2 is 0.803 bits per heavy atom. The molecule has 0 unspecified atom stereocenters. The van der Waals surface area contributed by atoms with E-state index in [1.807, 2.05) is 12.1 Å². The van der Waals surface area contributed by atoms with Gasteiger partial charge in [0.05, 0.1) is 22.6 Å². The summed E-state index contributed by atoms with van der Waals surface area (Å²) in [4.78, 5) is 18.4. The Morgan fingerprint density at radius 3 is 1.48 bits per heavy atom. The molecule has 0 aliphatic carbocycles. The molecule has 0 spiro atoms. The Kier molecular flexibility index (Phi) is 9.14. The van der Waals surface area contributed by atoms with Crippen LogP contribution in [0.2, 0.25) is 0 Å². The van der Waals surface area contributed by atoms with Gasteiger partial charge < -0.3 is 4.90 Å². The second-order valence-electron chi connectivity index (χ2n) is 15.2. The first-order valence-corrected chi connectivity index (χ1v) is 20.6. The minimum absolute atomic E-state index is 0.666. The fourth-order valence-corrected chi connectivity index (χ4v) is 8.53. The number of para-hydroxylation sites is 3. The summed E-state index contributed by atoms with van der Waals surface area (Å²) in [7, 11) is 0. The third kappa shape index (κ3) is 6.76. The van der Waals surface area contributed by atoms with Crippen LogP contribution in [0.5, 0.6) is 0 Å². The molecular weight excluding hydrogens is 741 g/mol. The van der Waals surface area contributed by atoms with Crippen molar-refractivity contribution >= 4 is 49.5 Å². The smallest absolute Gasteiger partial charge is 0.160 e. The van der Waals surface area contributed by atoms with Crippen LogP contribution in [0.1, 0.15) is 0 Å². The van der Waals surface area contributed by atoms with Crippen LogP contribution in [-0.2, 0) is 0 Å². The third-order valence-corrected chi connectivity index (χ3v) is 11.4. The van der Waals surface area contributed by atoms with E-state index in [0.717, 1.165) is 89.0 Å². The normalized spacial score (nSPS) is 11.3. The zero-order valence-electron chi connectivity index (χ0n) is 33.2. The number of aromatic nitrogens is 3. The standard InChI is InChI=1S/C57H38N4/c1-5-17-39(18-6-1)40-29-31-43(32-30-40)57-59-52(41-19-7-2-8-20-41)38-53(60-57)50-37-44-21-13-14-26-48(44)54-49-27-15-16-28-51(49)58-56(55(50)54)42-33-35-47(36-34-42)61(45-22-9-3-10-23-45)46-24-11-4-12-25-46/h1-38H. The van der Waals surface area contributed by atoms with Gasteiger partial charge in [-0.05, 0) is 76.5 Å². The molecule has 0 fully saturated rings. The van der Waals surface area contributed by atoms with E-state index in [9.17, 15) is 0 Å². The Bertz CT molecular complexity index is 3260. The highest BCUT2D eigenvalue weighted by atomic mass is 15.1. The lowest BCUT2D eigenvalue weighted by atomic mass is 9.90. The summed E-state index contributed by atoms with van der Waals surface area (Å²) < 4.78 is 0. The van der Waals surface area contributed by atoms with Gasteiger partial charge in [-0.25, -0.2) is 15.0 Å². The van der Waals surface area contributed by atoms with Crippen molar-refractivity contribution < 1.29 is 0 Å². The van der Waals surface area contributed by atoms with E-state index in [1.165, 1.54) is 10.9 Å². The minimum Gasteiger partial charge on any atom is -0.311 e. The maximum Gasteiger partial charge on any atom is 0.160 e. The van der Waals surface area contributed by atoms with Crippen molar-refractivity contribution in [1.82, 2.24) is 15.0 Å². The fourth-order valence-electron chi connectivity index (χ4n) is 8.53. The lowest BCUT2D eigenvalue weighted by molar-refractivity contribution is 1.19. The summed E-state index contributed by atoms with van der Waals surface area (Å²) in [5.74, 6) is 0.666. The number of rotatable bonds is 8. The molecule has 0 aliphatic heterocycles. The lowest BCUT2D eigenvalue weighted by Crippen LogP contribution is -2.09. The maximum absolute atomic E-state index is 5.50. The van der Waals surface area contributed by atoms with Crippen LogP contribution in [0.25, 0.3) is 88.7 Å². The number of hydrogen-bond acceptors (Lipinski definition) is 4. The summed E-state index contributed by atoms with van der Waals surface area (Å²) in [5, 5.41) is 5.62. The first-order chi connectivity index (χ1) is 30.2. The molecule has 0 amide bonds. The quantitative estimate of drug-likeness (QED) is 0.144. The highest BCUT2D eigenvalue weighted by molar-refractivity contribution is 6.26. The number of fused-ring (bicyclic) bond motifs is 5. The topological polar surface area (TPSA) is 41.9 Å². The molecule has 0 aliphatic rings. The maximum atomic E-state index is 5.50. The molecule has 2 heterocycles. The number of nitrogens with zero attached hydrogens (tertiary/aromatic N) is 4. The Hall–Kier alpha value is -8.21. The lowest BCUT2D eigenvalue weighted by Gasteiger charge is -2.25. The number of anilines is 3. The first kappa shape index (κ1) is 35.9. The van der Waals surface area contributed by atoms with Crippen molar-refractivity contribution in [1.29, 1.82) is 0 Å². The molecule has 2 aromatic heterocycles. The van der Waals surface area contributed by atoms with E-state index in [0.29, 0.717) is 5.82 Å². The Labute approximate surface area is 354 Å². The average Bonchev–Trinajstić information content (AvgIpc) is 3.35. The molecule has 4 nitrogen and oxygen atoms in total. The molecule has 0 saturated heterocycles. The van der Waals surface area contributed by atoms with Gasteiger partial charge in [-0.2, -0.15) is 0 Å². The van der Waals surface area contributed by atoms with E-state index in [-0.39, 0.29) is 0 Å². The van der Waals surface area contributed by atoms with Gasteiger partial charge >= 0.3 is 0 Å². The van der Waals surface area contributed by atoms with Gasteiger partial charge in [0, 0.05) is 55.5 Å². The van der Waals surface area contributed by atoms with Crippen molar-refractivity contribution in [2.75, 3.05) is 4.90 Å². The molecule has 9 aromatic carbocycles. The van der Waals surface area contributed by atoms with Crippen LogP contribution in [0.3, 0.4) is 0 Å². The molecule has 61 heavy (non-hydrogen) atoms. The minimum atomic E-state index is 0.666. The van der Waals surface area contributed by atoms with Crippen LogP contribution < -0.4 is 4.90 Å². The van der Waals surface area contributed by atoms with Gasteiger partial charge in [0.25, 0.3) is 0 Å². The second kappa shape index (κ2) is 15.5. The average molecular weight is 779 g/mol. The number of hydrogen-bond donors (Lipinski definition) is 0. The van der Waals surface area contributed by atoms with E-state index in [4.69, 9.17) is 15.0 Å². The predicted octanol–water partition coefficient (Wildman–Crippen LogP) is 15.1. The number of pyridine rings is 1. The SMILES string of the molecule is c1ccc(-c2ccc(-c3nc(-c4ccccc4)cc(-c4cc5ccccc5c5c4c(-c4ccc(N(c6ccccc6)c6ccccc6)cc4)nc4ccccc45)n3)cc2)cc1. The molecule has 0 atom stereocenters. The third-order valence-electron chi connectivity index (χ3n) is 11.4. The summed E-state index contributed by atoms with van der Waals surface area (Å²) >= 11 is 0. The van der Waals surface area contributed by atoms with Gasteiger partial charge in [-0.15, -0.1) is 0 Å². The van der Waals surface area contributed by atoms with Crippen molar-refractivity contribution in [3.63, 3.8) is 0 Å². The Balaban J connectivity index is 1.15. The predicted molar refractivity (Wildman–Crippen MR) is 254 cm³/mol. The van der Waals surface area contributed by atoms with Crippen LogP contribution in [-0.4, -0.2) is 15.0 Å². The molecule has 0 radical (unpaired) electrons. The highest BCUT2D eigenvalue weighted by Gasteiger charge is 2.21. The molecular formula is C57H38N4. The van der Waals surface area contributed by atoms with E-state index < -0.39 is 0 Å². The molecule has 0 N–H and O–H groups in total. The van der Waals surface area contributed by atoms with E-state index >= 15 is 0 Å². The second-order valence-corrected chi connectivity index (χ2v) is 15.2. The molecule has 4 heteroatoms. The van der Waals surface area contributed by atoms with Crippen LogP contribution in [0.15, 0.2) is 231 Å². The molecule has 0 saturated carbocycles. The van der Waals surface area contributed by atoms with Crippen LogP contribution in [0, 0.1) is 0 Å². The zero-order chi connectivity index (χ0) is 40.5. The largest absolute Gasteiger partial charge is 0.311 e. The van der Waals surface area contributed by atoms with Gasteiger partial charge in [0.2, 0.25) is 0 Å². The fraction of sp³-hybridized carbons (Fsp3) is 0. The summed E-state index contributed by atoms with van der Waals surface area (Å²) in [6, 6.07) is 80.9. The van der Waals surface area contributed by atoms with Crippen LogP contribution >= 0.6 is 0 Å². The monoisotopic (exact) mass is 778 g/mol. The van der Waals surface area contributed by atoms with Crippen molar-refractivity contribution in [2.24, 2.45) is 0 Å². The van der Waals surface area contributed by atoms with Gasteiger partial charge in [0.1, 0.15) is 0 Å². The van der Waals surface area contributed by atoms with Gasteiger partial charge in [-0.1, -0.05) is 176 Å². The molecule has 11 aromatic rings. The first-order valence-electron chi connectivity index (χ1n) is 20.6.